The number of hydrogen-bond donors (Lipinski definition) is 4. The van der Waals surface area contributed by atoms with Crippen LogP contribution < -0.4 is 29.3 Å². The lowest BCUT2D eigenvalue weighted by molar-refractivity contribution is -0.384. The van der Waals surface area contributed by atoms with Gasteiger partial charge in [0, 0.05) is 61.2 Å². The van der Waals surface area contributed by atoms with Crippen LogP contribution in [0.25, 0.3) is 11.0 Å². The minimum absolute atomic E-state index is 0.0118. The summed E-state index contributed by atoms with van der Waals surface area (Å²) in [6.45, 7) is 7.14. The Balaban J connectivity index is 0.838. The average Bonchev–Trinajstić information content (AvgIpc) is 3.84. The van der Waals surface area contributed by atoms with Gasteiger partial charge in [0.05, 0.1) is 45.4 Å². The lowest BCUT2D eigenvalue weighted by atomic mass is 9.59. The van der Waals surface area contributed by atoms with Crippen molar-refractivity contribution < 1.29 is 41.8 Å². The van der Waals surface area contributed by atoms with Gasteiger partial charge in [0.1, 0.15) is 29.7 Å². The molecule has 1 amide bonds. The van der Waals surface area contributed by atoms with Gasteiger partial charge in [-0.15, -0.1) is 0 Å². The number of hydrogen-bond acceptors (Lipinski definition) is 14. The summed E-state index contributed by atoms with van der Waals surface area (Å²) in [6, 6.07) is 19.9. The number of fused-ring (bicyclic) bond motifs is 4. The van der Waals surface area contributed by atoms with E-state index in [2.05, 4.69) is 56.0 Å². The zero-order valence-corrected chi connectivity index (χ0v) is 42.1. The van der Waals surface area contributed by atoms with Crippen LogP contribution in [-0.4, -0.2) is 114 Å². The Morgan fingerprint density at radius 3 is 2.53 bits per heavy atom. The summed E-state index contributed by atoms with van der Waals surface area (Å²) >= 11 is 0. The number of piperidine rings is 2. The number of alkyl halides is 1. The predicted octanol–water partition coefficient (Wildman–Crippen LogP) is 8.77. The van der Waals surface area contributed by atoms with Crippen LogP contribution in [0.1, 0.15) is 112 Å². The van der Waals surface area contributed by atoms with E-state index >= 15 is 4.39 Å². The minimum atomic E-state index is -4.79. The summed E-state index contributed by atoms with van der Waals surface area (Å²) in [5, 5.41) is 26.8. The highest BCUT2D eigenvalue weighted by molar-refractivity contribution is 7.90. The molecule has 2 saturated carbocycles. The van der Waals surface area contributed by atoms with Crippen molar-refractivity contribution in [3.63, 3.8) is 0 Å². The number of carbonyl (C=O) groups is 1. The van der Waals surface area contributed by atoms with E-state index in [1.54, 1.807) is 19.2 Å². The van der Waals surface area contributed by atoms with E-state index in [1.807, 2.05) is 29.2 Å². The first-order valence-electron chi connectivity index (χ1n) is 26.0. The van der Waals surface area contributed by atoms with Gasteiger partial charge in [-0.2, -0.15) is 4.98 Å². The number of sulfonamides is 1. The molecule has 3 aromatic carbocycles. The Labute approximate surface area is 424 Å². The highest BCUT2D eigenvalue weighted by Crippen LogP contribution is 2.55. The molecule has 386 valence electrons. The highest BCUT2D eigenvalue weighted by Gasteiger charge is 2.51. The Hall–Kier alpha value is -6.02. The number of H-pyrrole nitrogens is 1. The number of likely N-dealkylation sites (tertiary alicyclic amines) is 1. The Kier molecular flexibility index (Phi) is 11.9. The van der Waals surface area contributed by atoms with Gasteiger partial charge in [0.2, 0.25) is 5.88 Å². The molecule has 19 heteroatoms. The van der Waals surface area contributed by atoms with Crippen LogP contribution >= 0.6 is 0 Å². The van der Waals surface area contributed by atoms with Crippen LogP contribution in [0.4, 0.5) is 32.8 Å². The Morgan fingerprint density at radius 2 is 1.75 bits per heavy atom. The lowest BCUT2D eigenvalue weighted by Crippen LogP contribution is -2.56. The zero-order chi connectivity index (χ0) is 50.4. The minimum Gasteiger partial charge on any atom is -0.489 e. The second-order valence-corrected chi connectivity index (χ2v) is 23.8. The van der Waals surface area contributed by atoms with E-state index in [1.165, 1.54) is 43.2 Å². The number of nitro benzene ring substituents is 1. The number of rotatable bonds is 9. The van der Waals surface area contributed by atoms with E-state index in [0.717, 1.165) is 55.7 Å². The summed E-state index contributed by atoms with van der Waals surface area (Å²) in [4.78, 5) is 41.3. The molecule has 0 radical (unpaired) electrons. The SMILES string of the molecule is Cc1ccccc1[C@H]1CCCCN1C1CC2(CCN(c3ccc(C(=O)NS(=O)(=O)c4cc5c(c([N+](=O)[O-])c4)NC(C4(F)CCC(C)(O)CC4)CO5)c(N4c5cc6cc[nH]c6nc5O[C@H]5COCC[C@@H]54)c3)CC2)C1. The summed E-state index contributed by atoms with van der Waals surface area (Å²) in [7, 11) is -4.79. The number of halogens is 1. The molecule has 0 bridgehead atoms. The van der Waals surface area contributed by atoms with E-state index in [9.17, 15) is 28.4 Å². The number of nitrogens with one attached hydrogen (secondary N) is 3. The van der Waals surface area contributed by atoms with Crippen molar-refractivity contribution in [1.82, 2.24) is 19.6 Å². The first-order chi connectivity index (χ1) is 35.1. The third-order valence-corrected chi connectivity index (χ3v) is 18.8. The second-order valence-electron chi connectivity index (χ2n) is 22.1. The molecular weight excluding hydrogens is 956 g/mol. The summed E-state index contributed by atoms with van der Waals surface area (Å²) in [6.07, 6.45) is 10.4. The summed E-state index contributed by atoms with van der Waals surface area (Å²) in [5.74, 6) is -0.761. The monoisotopic (exact) mass is 1020 g/mol. The molecule has 5 fully saturated rings. The number of aromatic nitrogens is 2. The quantitative estimate of drug-likeness (QED) is 0.0805. The van der Waals surface area contributed by atoms with Gasteiger partial charge in [0.25, 0.3) is 21.6 Å². The molecule has 12 rings (SSSR count). The third-order valence-electron chi connectivity index (χ3n) is 17.5. The molecule has 3 saturated heterocycles. The maximum atomic E-state index is 16.3. The van der Waals surface area contributed by atoms with Crippen LogP contribution in [0.5, 0.6) is 11.6 Å². The maximum Gasteiger partial charge on any atom is 0.297 e. The van der Waals surface area contributed by atoms with Crippen LogP contribution in [-0.2, 0) is 14.8 Å². The number of nitrogens with zero attached hydrogens (tertiary/aromatic N) is 5. The van der Waals surface area contributed by atoms with Gasteiger partial charge in [-0.3, -0.25) is 19.8 Å². The molecule has 73 heavy (non-hydrogen) atoms. The van der Waals surface area contributed by atoms with Gasteiger partial charge < -0.3 is 39.4 Å². The van der Waals surface area contributed by atoms with Gasteiger partial charge in [-0.05, 0) is 138 Å². The van der Waals surface area contributed by atoms with E-state index in [-0.39, 0.29) is 67.4 Å². The number of aromatic amines is 1. The normalized spacial score (nSPS) is 28.2. The summed E-state index contributed by atoms with van der Waals surface area (Å²) in [5.41, 5.74) is 2.09. The topological polar surface area (TPSA) is 205 Å². The number of amides is 1. The predicted molar refractivity (Wildman–Crippen MR) is 273 cm³/mol. The van der Waals surface area contributed by atoms with Gasteiger partial charge in [0.15, 0.2) is 11.4 Å². The maximum absolute atomic E-state index is 16.3. The number of carbonyl (C=O) groups excluding carboxylic acids is 1. The second kappa shape index (κ2) is 18.1. The largest absolute Gasteiger partial charge is 0.489 e. The van der Waals surface area contributed by atoms with Gasteiger partial charge in [-0.1, -0.05) is 30.7 Å². The van der Waals surface area contributed by atoms with Crippen molar-refractivity contribution in [2.75, 3.05) is 54.6 Å². The molecule has 2 aliphatic carbocycles. The molecule has 1 spiro atoms. The molecule has 7 aliphatic rings. The van der Waals surface area contributed by atoms with E-state index < -0.39 is 54.9 Å². The smallest absolute Gasteiger partial charge is 0.297 e. The number of ether oxygens (including phenoxy) is 3. The fourth-order valence-corrected chi connectivity index (χ4v) is 14.2. The third kappa shape index (κ3) is 8.72. The average molecular weight is 1020 g/mol. The molecule has 1 unspecified atom stereocenters. The number of aliphatic hydroxyl groups is 1. The highest BCUT2D eigenvalue weighted by atomic mass is 32.2. The fourth-order valence-electron chi connectivity index (χ4n) is 13.2. The van der Waals surface area contributed by atoms with E-state index in [0.29, 0.717) is 48.0 Å². The fraction of sp³-hybridized carbons (Fsp3) is 0.519. The van der Waals surface area contributed by atoms with Crippen LogP contribution in [0, 0.1) is 22.5 Å². The van der Waals surface area contributed by atoms with Crippen molar-refractivity contribution in [2.24, 2.45) is 5.41 Å². The molecule has 2 aromatic heterocycles. The lowest BCUT2D eigenvalue weighted by Gasteiger charge is -2.57. The van der Waals surface area contributed by atoms with Crippen molar-refractivity contribution in [1.29, 1.82) is 0 Å². The number of anilines is 4. The standard InChI is InChI=1S/C54H63FN8O9S/c1-33-7-3-4-8-38(33)40-9-5-6-21-61(40)36-29-53(30-36)18-22-60(23-19-53)35-10-11-39(42(26-35)62-41-13-24-70-31-46(41)72-51-44(62)25-34-12-20-56-49(34)58-51)50(64)59-73(68,69)37-27-43(63(66)67)48-45(28-37)71-32-47(57-48)54(55)16-14-52(2,65)15-17-54/h3-4,7-8,10-12,20,25-28,36,40-41,46-47,57,65H,5-6,9,13-19,21-24,29-32H2,1-2H3,(H,56,58)(H,59,64)/t40-,41+,46+,47?,52?,54?/m1/s1. The number of benzene rings is 3. The van der Waals surface area contributed by atoms with Crippen LogP contribution in [0.2, 0.25) is 0 Å². The summed E-state index contributed by atoms with van der Waals surface area (Å²) < 4.78 is 65.6. The Morgan fingerprint density at radius 1 is 0.959 bits per heavy atom. The zero-order valence-electron chi connectivity index (χ0n) is 41.3. The molecule has 5 aliphatic heterocycles. The van der Waals surface area contributed by atoms with Gasteiger partial charge in [-0.25, -0.2) is 17.5 Å². The molecule has 4 atom stereocenters. The van der Waals surface area contributed by atoms with Crippen molar-refractivity contribution in [3.8, 4) is 11.6 Å². The van der Waals surface area contributed by atoms with Gasteiger partial charge >= 0.3 is 0 Å². The first-order valence-corrected chi connectivity index (χ1v) is 27.5. The molecule has 17 nitrogen and oxygen atoms in total. The number of aryl methyl sites for hydroxylation is 1. The molecule has 4 N–H and O–H groups in total. The van der Waals surface area contributed by atoms with Crippen molar-refractivity contribution in [3.05, 3.63) is 99.7 Å². The number of nitro groups is 1. The molecular formula is C54H63FN8O9S. The number of pyridine rings is 1. The molecule has 5 aromatic rings. The Bertz CT molecular complexity index is 3090. The van der Waals surface area contributed by atoms with Crippen molar-refractivity contribution >= 4 is 55.4 Å². The van der Waals surface area contributed by atoms with Crippen LogP contribution in [0.15, 0.2) is 77.8 Å². The molecule has 7 heterocycles. The first kappa shape index (κ1) is 48.0. The van der Waals surface area contributed by atoms with E-state index in [4.69, 9.17) is 19.2 Å². The van der Waals surface area contributed by atoms with Crippen molar-refractivity contribution in [2.45, 2.75) is 137 Å². The van der Waals surface area contributed by atoms with Crippen LogP contribution in [0.3, 0.4) is 0 Å².